The Bertz CT molecular complexity index is 264. The fourth-order valence-corrected chi connectivity index (χ4v) is 1.09. The van der Waals surface area contributed by atoms with Crippen LogP contribution in [-0.4, -0.2) is 29.1 Å². The minimum atomic E-state index is -1.06. The summed E-state index contributed by atoms with van der Waals surface area (Å²) in [6.45, 7) is 7.27. The Kier molecular flexibility index (Phi) is 6.41. The second-order valence-corrected chi connectivity index (χ2v) is 4.09. The topological polar surface area (TPSA) is 92.4 Å². The van der Waals surface area contributed by atoms with Gasteiger partial charge in [0.2, 0.25) is 5.91 Å². The van der Waals surface area contributed by atoms with Crippen LogP contribution in [0.4, 0.5) is 0 Å². The van der Waals surface area contributed by atoms with E-state index in [0.29, 0.717) is 0 Å². The molecule has 2 unspecified atom stereocenters. The number of amides is 1. The number of carbonyl (C=O) groups excluding carboxylic acids is 1. The molecule has 0 aromatic rings. The molecule has 5 heteroatoms. The molecule has 2 atom stereocenters. The molecule has 0 aromatic carbocycles. The van der Waals surface area contributed by atoms with Gasteiger partial charge < -0.3 is 16.2 Å². The van der Waals surface area contributed by atoms with E-state index >= 15 is 0 Å². The number of carboxylic acids is 1. The van der Waals surface area contributed by atoms with E-state index in [-0.39, 0.29) is 30.7 Å². The second-order valence-electron chi connectivity index (χ2n) is 4.09. The Morgan fingerprint density at radius 3 is 2.44 bits per heavy atom. The first-order valence-corrected chi connectivity index (χ1v) is 5.27. The molecule has 0 aliphatic heterocycles. The third-order valence-electron chi connectivity index (χ3n) is 2.31. The normalized spacial score (nSPS) is 14.2. The van der Waals surface area contributed by atoms with Crippen LogP contribution in [0.3, 0.4) is 0 Å². The minimum absolute atomic E-state index is 0.137. The molecule has 0 radical (unpaired) electrons. The fraction of sp³-hybridized carbons (Fsp3) is 0.636. The quantitative estimate of drug-likeness (QED) is 0.553. The van der Waals surface area contributed by atoms with Crippen LogP contribution in [0.15, 0.2) is 12.7 Å². The van der Waals surface area contributed by atoms with E-state index in [2.05, 4.69) is 11.9 Å². The second kappa shape index (κ2) is 7.00. The van der Waals surface area contributed by atoms with Crippen LogP contribution < -0.4 is 11.1 Å². The van der Waals surface area contributed by atoms with Crippen LogP contribution >= 0.6 is 0 Å². The maximum Gasteiger partial charge on any atom is 0.326 e. The standard InChI is InChI=1S/C11H20N2O3/c1-4-5-9(11(15)16)13-10(14)6-8(12)7(2)3/h4,7-9H,1,5-6,12H2,2-3H3,(H,13,14)(H,15,16). The van der Waals surface area contributed by atoms with Gasteiger partial charge in [-0.15, -0.1) is 6.58 Å². The van der Waals surface area contributed by atoms with Gasteiger partial charge in [0.15, 0.2) is 0 Å². The maximum absolute atomic E-state index is 11.5. The molecule has 0 heterocycles. The molecule has 0 aromatic heterocycles. The molecule has 1 amide bonds. The van der Waals surface area contributed by atoms with Crippen LogP contribution in [0.25, 0.3) is 0 Å². The Hall–Kier alpha value is -1.36. The van der Waals surface area contributed by atoms with E-state index in [9.17, 15) is 9.59 Å². The van der Waals surface area contributed by atoms with Gasteiger partial charge in [-0.05, 0) is 12.3 Å². The van der Waals surface area contributed by atoms with E-state index in [1.54, 1.807) is 0 Å². The van der Waals surface area contributed by atoms with Crippen molar-refractivity contribution in [3.8, 4) is 0 Å². The van der Waals surface area contributed by atoms with Crippen molar-refractivity contribution in [1.82, 2.24) is 5.32 Å². The summed E-state index contributed by atoms with van der Waals surface area (Å²) in [5, 5.41) is 11.2. The Morgan fingerprint density at radius 1 is 1.50 bits per heavy atom. The first-order valence-electron chi connectivity index (χ1n) is 5.27. The lowest BCUT2D eigenvalue weighted by molar-refractivity contribution is -0.141. The van der Waals surface area contributed by atoms with Crippen molar-refractivity contribution in [2.24, 2.45) is 11.7 Å². The Labute approximate surface area is 95.7 Å². The van der Waals surface area contributed by atoms with Gasteiger partial charge in [0.05, 0.1) is 0 Å². The number of aliphatic carboxylic acids is 1. The van der Waals surface area contributed by atoms with Crippen LogP contribution in [0.2, 0.25) is 0 Å². The molecule has 0 fully saturated rings. The van der Waals surface area contributed by atoms with Gasteiger partial charge in [0.1, 0.15) is 6.04 Å². The van der Waals surface area contributed by atoms with Gasteiger partial charge >= 0.3 is 5.97 Å². The zero-order chi connectivity index (χ0) is 12.7. The number of hydrogen-bond acceptors (Lipinski definition) is 3. The van der Waals surface area contributed by atoms with Gasteiger partial charge in [-0.1, -0.05) is 19.9 Å². The van der Waals surface area contributed by atoms with Crippen LogP contribution in [0.5, 0.6) is 0 Å². The summed E-state index contributed by atoms with van der Waals surface area (Å²) in [6.07, 6.45) is 1.80. The fourth-order valence-electron chi connectivity index (χ4n) is 1.09. The van der Waals surface area contributed by atoms with Crippen molar-refractivity contribution < 1.29 is 14.7 Å². The first kappa shape index (κ1) is 14.6. The van der Waals surface area contributed by atoms with Crippen molar-refractivity contribution in [3.63, 3.8) is 0 Å². The molecule has 0 saturated carbocycles. The molecule has 92 valence electrons. The highest BCUT2D eigenvalue weighted by Crippen LogP contribution is 2.03. The summed E-state index contributed by atoms with van der Waals surface area (Å²) >= 11 is 0. The number of carbonyl (C=O) groups is 2. The summed E-state index contributed by atoms with van der Waals surface area (Å²) in [7, 11) is 0. The lowest BCUT2D eigenvalue weighted by Crippen LogP contribution is -2.43. The van der Waals surface area contributed by atoms with Gasteiger partial charge in [-0.25, -0.2) is 4.79 Å². The predicted molar refractivity (Wildman–Crippen MR) is 61.8 cm³/mol. The SMILES string of the molecule is C=CCC(NC(=O)CC(N)C(C)C)C(=O)O. The first-order chi connectivity index (χ1) is 7.38. The third kappa shape index (κ3) is 5.50. The lowest BCUT2D eigenvalue weighted by atomic mass is 10.0. The zero-order valence-electron chi connectivity index (χ0n) is 9.77. The molecule has 4 N–H and O–H groups in total. The van der Waals surface area contributed by atoms with E-state index < -0.39 is 12.0 Å². The summed E-state index contributed by atoms with van der Waals surface area (Å²) < 4.78 is 0. The number of rotatable bonds is 7. The molecule has 0 aliphatic rings. The summed E-state index contributed by atoms with van der Waals surface area (Å²) in [5.74, 6) is -1.21. The molecule has 0 bridgehead atoms. The smallest absolute Gasteiger partial charge is 0.326 e. The molecule has 5 nitrogen and oxygen atoms in total. The molecule has 0 aliphatic carbocycles. The average Bonchev–Trinajstić information content (AvgIpc) is 2.16. The number of nitrogens with one attached hydrogen (secondary N) is 1. The monoisotopic (exact) mass is 228 g/mol. The molecule has 0 spiro atoms. The zero-order valence-corrected chi connectivity index (χ0v) is 9.77. The highest BCUT2D eigenvalue weighted by molar-refractivity contribution is 5.83. The largest absolute Gasteiger partial charge is 0.480 e. The van der Waals surface area contributed by atoms with Crippen molar-refractivity contribution in [2.75, 3.05) is 0 Å². The third-order valence-corrected chi connectivity index (χ3v) is 2.31. The summed E-state index contributed by atoms with van der Waals surface area (Å²) in [5.41, 5.74) is 5.71. The molecular formula is C11H20N2O3. The molecule has 0 saturated heterocycles. The van der Waals surface area contributed by atoms with Crippen LogP contribution in [0.1, 0.15) is 26.7 Å². The Balaban J connectivity index is 4.19. The average molecular weight is 228 g/mol. The van der Waals surface area contributed by atoms with Gasteiger partial charge in [0.25, 0.3) is 0 Å². The van der Waals surface area contributed by atoms with Crippen molar-refractivity contribution in [3.05, 3.63) is 12.7 Å². The van der Waals surface area contributed by atoms with E-state index in [1.807, 2.05) is 13.8 Å². The maximum atomic E-state index is 11.5. The van der Waals surface area contributed by atoms with Crippen LogP contribution in [0, 0.1) is 5.92 Å². The molecule has 0 rings (SSSR count). The number of hydrogen-bond donors (Lipinski definition) is 3. The minimum Gasteiger partial charge on any atom is -0.480 e. The van der Waals surface area contributed by atoms with E-state index in [0.717, 1.165) is 0 Å². The van der Waals surface area contributed by atoms with Crippen molar-refractivity contribution in [1.29, 1.82) is 0 Å². The van der Waals surface area contributed by atoms with E-state index in [1.165, 1.54) is 6.08 Å². The Morgan fingerprint density at radius 2 is 2.06 bits per heavy atom. The highest BCUT2D eigenvalue weighted by atomic mass is 16.4. The predicted octanol–water partition coefficient (Wildman–Crippen LogP) is 0.505. The highest BCUT2D eigenvalue weighted by Gasteiger charge is 2.20. The molecular weight excluding hydrogens is 208 g/mol. The van der Waals surface area contributed by atoms with Crippen molar-refractivity contribution >= 4 is 11.9 Å². The van der Waals surface area contributed by atoms with Crippen molar-refractivity contribution in [2.45, 2.75) is 38.8 Å². The van der Waals surface area contributed by atoms with E-state index in [4.69, 9.17) is 10.8 Å². The van der Waals surface area contributed by atoms with Gasteiger partial charge in [-0.3, -0.25) is 4.79 Å². The molecule has 16 heavy (non-hydrogen) atoms. The van der Waals surface area contributed by atoms with Crippen LogP contribution in [-0.2, 0) is 9.59 Å². The summed E-state index contributed by atoms with van der Waals surface area (Å²) in [6, 6.07) is -1.16. The lowest BCUT2D eigenvalue weighted by Gasteiger charge is -2.17. The number of carboxylic acid groups (broad SMARTS) is 1. The van der Waals surface area contributed by atoms with Gasteiger partial charge in [0, 0.05) is 12.5 Å². The number of nitrogens with two attached hydrogens (primary N) is 1. The van der Waals surface area contributed by atoms with Gasteiger partial charge in [-0.2, -0.15) is 0 Å². The summed E-state index contributed by atoms with van der Waals surface area (Å²) in [4.78, 5) is 22.2.